The number of carbonyl (C=O) groups excluding carboxylic acids is 3. The highest BCUT2D eigenvalue weighted by Crippen LogP contribution is 2.00. The first-order chi connectivity index (χ1) is 12.1. The third-order valence-corrected chi connectivity index (χ3v) is 2.80. The van der Waals surface area contributed by atoms with Crippen LogP contribution in [0.25, 0.3) is 0 Å². The van der Waals surface area contributed by atoms with E-state index < -0.39 is 18.0 Å². The number of hydrogen-bond donors (Lipinski definition) is 2. The Balaban J connectivity index is 1.76. The molecule has 2 N–H and O–H groups in total. The Labute approximate surface area is 142 Å². The molecule has 11 heteroatoms. The zero-order chi connectivity index (χ0) is 18.1. The van der Waals surface area contributed by atoms with Crippen LogP contribution in [0, 0.1) is 0 Å². The first-order valence-corrected chi connectivity index (χ1v) is 7.29. The van der Waals surface area contributed by atoms with Crippen molar-refractivity contribution in [3.63, 3.8) is 0 Å². The molecule has 1 heterocycles. The van der Waals surface area contributed by atoms with Gasteiger partial charge in [0.05, 0.1) is 6.61 Å². The van der Waals surface area contributed by atoms with Gasteiger partial charge in [-0.2, -0.15) is 0 Å². The van der Waals surface area contributed by atoms with E-state index in [2.05, 4.69) is 26.4 Å². The van der Waals surface area contributed by atoms with Crippen LogP contribution >= 0.6 is 0 Å². The third-order valence-electron chi connectivity index (χ3n) is 2.80. The molecule has 2 amide bonds. The fraction of sp³-hybridized carbons (Fsp3) is 0.286. The van der Waals surface area contributed by atoms with Gasteiger partial charge < -0.3 is 9.47 Å². The van der Waals surface area contributed by atoms with E-state index in [1.165, 1.54) is 0 Å². The van der Waals surface area contributed by atoms with Gasteiger partial charge in [0.2, 0.25) is 0 Å². The molecule has 132 valence electrons. The van der Waals surface area contributed by atoms with Gasteiger partial charge in [0.1, 0.15) is 13.2 Å². The van der Waals surface area contributed by atoms with Crippen LogP contribution in [0.15, 0.2) is 30.3 Å². The highest BCUT2D eigenvalue weighted by atomic mass is 16.6. The second kappa shape index (κ2) is 8.96. The fourth-order valence-corrected chi connectivity index (χ4v) is 1.71. The van der Waals surface area contributed by atoms with Crippen LogP contribution in [0.2, 0.25) is 0 Å². The van der Waals surface area contributed by atoms with Gasteiger partial charge in [-0.25, -0.2) is 19.7 Å². The van der Waals surface area contributed by atoms with Crippen LogP contribution in [0.5, 0.6) is 0 Å². The van der Waals surface area contributed by atoms with Crippen LogP contribution in [-0.4, -0.2) is 44.8 Å². The van der Waals surface area contributed by atoms with Crippen LogP contribution in [0.4, 0.5) is 4.79 Å². The zero-order valence-electron chi connectivity index (χ0n) is 13.3. The first-order valence-electron chi connectivity index (χ1n) is 7.29. The molecule has 2 rings (SSSR count). The van der Waals surface area contributed by atoms with Crippen molar-refractivity contribution < 1.29 is 23.9 Å². The van der Waals surface area contributed by atoms with E-state index in [-0.39, 0.29) is 25.6 Å². The zero-order valence-corrected chi connectivity index (χ0v) is 13.3. The third kappa shape index (κ3) is 5.57. The van der Waals surface area contributed by atoms with Gasteiger partial charge >= 0.3 is 12.1 Å². The summed E-state index contributed by atoms with van der Waals surface area (Å²) in [6, 6.07) is 9.05. The summed E-state index contributed by atoms with van der Waals surface area (Å²) in [5.74, 6) is -1.63. The number of aromatic nitrogens is 4. The molecule has 1 aromatic carbocycles. The predicted molar refractivity (Wildman–Crippen MR) is 81.7 cm³/mol. The number of rotatable bonds is 6. The summed E-state index contributed by atoms with van der Waals surface area (Å²) >= 11 is 0. The average molecular weight is 348 g/mol. The number of carbonyl (C=O) groups is 3. The van der Waals surface area contributed by atoms with Crippen molar-refractivity contribution in [1.82, 2.24) is 31.1 Å². The molecule has 0 saturated heterocycles. The summed E-state index contributed by atoms with van der Waals surface area (Å²) in [6.45, 7) is 1.44. The van der Waals surface area contributed by atoms with Crippen molar-refractivity contribution in [3.8, 4) is 0 Å². The molecule has 0 aliphatic carbocycles. The maximum Gasteiger partial charge on any atom is 0.426 e. The highest BCUT2D eigenvalue weighted by Gasteiger charge is 2.18. The number of nitrogens with one attached hydrogen (secondary N) is 2. The summed E-state index contributed by atoms with van der Waals surface area (Å²) in [5, 5.41) is 10.3. The lowest BCUT2D eigenvalue weighted by Gasteiger charge is -2.09. The minimum absolute atomic E-state index is 0.0581. The summed E-state index contributed by atoms with van der Waals surface area (Å²) in [4.78, 5) is 34.9. The number of hydrazine groups is 1. The van der Waals surface area contributed by atoms with E-state index in [1.54, 1.807) is 19.1 Å². The average Bonchev–Trinajstić information content (AvgIpc) is 3.07. The number of hydrogen-bond acceptors (Lipinski definition) is 8. The van der Waals surface area contributed by atoms with Crippen molar-refractivity contribution in [3.05, 3.63) is 41.7 Å². The maximum atomic E-state index is 11.8. The van der Waals surface area contributed by atoms with Crippen LogP contribution in [0.3, 0.4) is 0 Å². The van der Waals surface area contributed by atoms with Gasteiger partial charge in [0, 0.05) is 0 Å². The largest absolute Gasteiger partial charge is 0.460 e. The van der Waals surface area contributed by atoms with Crippen molar-refractivity contribution in [2.75, 3.05) is 6.61 Å². The van der Waals surface area contributed by atoms with Crippen LogP contribution < -0.4 is 10.9 Å². The minimum atomic E-state index is -0.834. The van der Waals surface area contributed by atoms with Crippen molar-refractivity contribution in [1.29, 1.82) is 0 Å². The smallest absolute Gasteiger partial charge is 0.426 e. The van der Waals surface area contributed by atoms with E-state index in [1.807, 2.05) is 18.2 Å². The van der Waals surface area contributed by atoms with E-state index in [4.69, 9.17) is 9.47 Å². The Kier molecular flexibility index (Phi) is 6.39. The molecule has 25 heavy (non-hydrogen) atoms. The molecule has 11 nitrogen and oxygen atoms in total. The molecule has 0 fully saturated rings. The quantitative estimate of drug-likeness (QED) is 0.541. The second-order valence-electron chi connectivity index (χ2n) is 4.62. The molecule has 0 saturated carbocycles. The highest BCUT2D eigenvalue weighted by molar-refractivity contribution is 5.86. The molecule has 1 aromatic heterocycles. The van der Waals surface area contributed by atoms with Crippen molar-refractivity contribution in [2.45, 2.75) is 20.1 Å². The lowest BCUT2D eigenvalue weighted by molar-refractivity contribution is -0.122. The monoisotopic (exact) mass is 348 g/mol. The number of nitrogens with zero attached hydrogens (tertiary/aromatic N) is 4. The van der Waals surface area contributed by atoms with Crippen molar-refractivity contribution >= 4 is 18.0 Å². The standard InChI is InChI=1S/C14H16N6O5/c1-2-24-13(22)12-16-18-19-20(12)8-11(21)15-17-14(23)25-9-10-6-4-3-5-7-10/h3-7H,2,8-9H2,1H3,(H,15,21)(H,17,23). The van der Waals surface area contributed by atoms with E-state index in [0.717, 1.165) is 10.2 Å². The Morgan fingerprint density at radius 3 is 2.60 bits per heavy atom. The Hall–Kier alpha value is -3.50. The summed E-state index contributed by atoms with van der Waals surface area (Å²) < 4.78 is 10.6. The molecular formula is C14H16N6O5. The summed E-state index contributed by atoms with van der Waals surface area (Å²) in [5.41, 5.74) is 5.01. The molecule has 0 atom stereocenters. The first kappa shape index (κ1) is 17.8. The lowest BCUT2D eigenvalue weighted by Crippen LogP contribution is -2.43. The van der Waals surface area contributed by atoms with E-state index in [0.29, 0.717) is 0 Å². The van der Waals surface area contributed by atoms with Gasteiger partial charge in [-0.1, -0.05) is 30.3 Å². The molecule has 0 bridgehead atoms. The van der Waals surface area contributed by atoms with Crippen LogP contribution in [-0.2, 0) is 27.4 Å². The van der Waals surface area contributed by atoms with Crippen molar-refractivity contribution in [2.24, 2.45) is 0 Å². The molecule has 0 spiro atoms. The van der Waals surface area contributed by atoms with Gasteiger partial charge in [-0.3, -0.25) is 10.2 Å². The van der Waals surface area contributed by atoms with Gasteiger partial charge in [-0.15, -0.1) is 5.10 Å². The number of benzene rings is 1. The second-order valence-corrected chi connectivity index (χ2v) is 4.62. The molecule has 2 aromatic rings. The minimum Gasteiger partial charge on any atom is -0.460 e. The van der Waals surface area contributed by atoms with Gasteiger partial charge in [-0.05, 0) is 22.9 Å². The molecular weight excluding hydrogens is 332 g/mol. The Morgan fingerprint density at radius 2 is 1.88 bits per heavy atom. The Bertz CT molecular complexity index is 732. The number of amides is 2. The normalized spacial score (nSPS) is 9.96. The van der Waals surface area contributed by atoms with Gasteiger partial charge in [0.25, 0.3) is 11.7 Å². The molecule has 0 unspecified atom stereocenters. The predicted octanol–water partition coefficient (Wildman–Crippen LogP) is -0.193. The lowest BCUT2D eigenvalue weighted by atomic mass is 10.2. The molecule has 0 aliphatic heterocycles. The van der Waals surface area contributed by atoms with Gasteiger partial charge in [0.15, 0.2) is 0 Å². The topological polar surface area (TPSA) is 137 Å². The van der Waals surface area contributed by atoms with E-state index >= 15 is 0 Å². The number of esters is 1. The molecule has 0 aliphatic rings. The van der Waals surface area contributed by atoms with E-state index in [9.17, 15) is 14.4 Å². The fourth-order valence-electron chi connectivity index (χ4n) is 1.71. The summed E-state index contributed by atoms with van der Waals surface area (Å²) in [7, 11) is 0. The number of tetrazole rings is 1. The summed E-state index contributed by atoms with van der Waals surface area (Å²) in [6.07, 6.45) is -0.834. The molecule has 0 radical (unpaired) electrons. The number of ether oxygens (including phenoxy) is 2. The van der Waals surface area contributed by atoms with Crippen LogP contribution in [0.1, 0.15) is 23.1 Å². The Morgan fingerprint density at radius 1 is 1.12 bits per heavy atom. The SMILES string of the molecule is CCOC(=O)c1nnnn1CC(=O)NNC(=O)OCc1ccccc1. The maximum absolute atomic E-state index is 11.8.